The maximum absolute atomic E-state index is 13.4. The van der Waals surface area contributed by atoms with Crippen LogP contribution in [-0.2, 0) is 16.0 Å². The molecular formula is C18H12FN7O3. The minimum Gasteiger partial charge on any atom is -0.469 e. The van der Waals surface area contributed by atoms with Crippen molar-refractivity contribution in [3.05, 3.63) is 54.2 Å². The molecule has 1 aromatic carbocycles. The van der Waals surface area contributed by atoms with E-state index >= 15 is 0 Å². The van der Waals surface area contributed by atoms with E-state index in [-0.39, 0.29) is 18.0 Å². The first-order valence-corrected chi connectivity index (χ1v) is 8.52. The molecule has 29 heavy (non-hydrogen) atoms. The molecular weight excluding hydrogens is 381 g/mol. The monoisotopic (exact) mass is 393 g/mol. The quantitative estimate of drug-likeness (QED) is 0.426. The van der Waals surface area contributed by atoms with Crippen molar-refractivity contribution in [3.63, 3.8) is 0 Å². The first-order valence-electron chi connectivity index (χ1n) is 8.52. The van der Waals surface area contributed by atoms with Crippen molar-refractivity contribution in [2.75, 3.05) is 7.11 Å². The minimum absolute atomic E-state index is 0.110. The summed E-state index contributed by atoms with van der Waals surface area (Å²) in [5, 5.41) is 17.2. The van der Waals surface area contributed by atoms with Gasteiger partial charge in [-0.05, 0) is 36.4 Å². The average Bonchev–Trinajstić information content (AvgIpc) is 3.46. The number of furan rings is 1. The SMILES string of the molecule is COC(=O)Cc1nn(-c2ccc(F)cc2)c2c1nnc1nc(-c3ccco3)nn12. The lowest BCUT2D eigenvalue weighted by molar-refractivity contribution is -0.139. The normalized spacial score (nSPS) is 11.4. The summed E-state index contributed by atoms with van der Waals surface area (Å²) in [6.07, 6.45) is 1.40. The van der Waals surface area contributed by atoms with Gasteiger partial charge in [0.25, 0.3) is 5.78 Å². The Morgan fingerprint density at radius 3 is 2.72 bits per heavy atom. The number of methoxy groups -OCH3 is 1. The van der Waals surface area contributed by atoms with Crippen molar-refractivity contribution in [2.45, 2.75) is 6.42 Å². The molecule has 4 aromatic heterocycles. The maximum atomic E-state index is 13.4. The van der Waals surface area contributed by atoms with Crippen molar-refractivity contribution >= 4 is 22.9 Å². The summed E-state index contributed by atoms with van der Waals surface area (Å²) in [4.78, 5) is 16.2. The fraction of sp³-hybridized carbons (Fsp3) is 0.111. The Bertz CT molecular complexity index is 1340. The molecule has 0 N–H and O–H groups in total. The highest BCUT2D eigenvalue weighted by Gasteiger charge is 2.22. The number of hydrogen-bond donors (Lipinski definition) is 0. The Labute approximate surface area is 161 Å². The van der Waals surface area contributed by atoms with Crippen LogP contribution in [0.2, 0.25) is 0 Å². The van der Waals surface area contributed by atoms with Crippen molar-refractivity contribution in [3.8, 4) is 17.3 Å². The predicted octanol–water partition coefficient (Wildman–Crippen LogP) is 1.97. The number of rotatable bonds is 4. The van der Waals surface area contributed by atoms with Crippen LogP contribution < -0.4 is 0 Å². The van der Waals surface area contributed by atoms with E-state index in [9.17, 15) is 9.18 Å². The Morgan fingerprint density at radius 2 is 2.00 bits per heavy atom. The zero-order chi connectivity index (χ0) is 20.0. The Balaban J connectivity index is 1.79. The number of carbonyl (C=O) groups is 1. The van der Waals surface area contributed by atoms with Crippen molar-refractivity contribution in [2.24, 2.45) is 0 Å². The molecule has 144 valence electrons. The lowest BCUT2D eigenvalue weighted by Crippen LogP contribution is -2.06. The summed E-state index contributed by atoms with van der Waals surface area (Å²) in [5.74, 6) is 0.138. The molecule has 5 rings (SSSR count). The molecule has 0 saturated heterocycles. The number of halogens is 1. The van der Waals surface area contributed by atoms with Gasteiger partial charge in [0, 0.05) is 0 Å². The van der Waals surface area contributed by atoms with E-state index in [1.54, 1.807) is 24.3 Å². The first kappa shape index (κ1) is 17.0. The van der Waals surface area contributed by atoms with Gasteiger partial charge in [0.1, 0.15) is 11.5 Å². The number of aromatic nitrogens is 7. The summed E-state index contributed by atoms with van der Waals surface area (Å²) in [7, 11) is 1.29. The number of carbonyl (C=O) groups excluding carboxylic acids is 1. The lowest BCUT2D eigenvalue weighted by atomic mass is 10.3. The van der Waals surface area contributed by atoms with Crippen LogP contribution in [-0.4, -0.2) is 47.7 Å². The molecule has 0 saturated carbocycles. The van der Waals surface area contributed by atoms with Gasteiger partial charge in [0.2, 0.25) is 5.82 Å². The second kappa shape index (κ2) is 6.48. The Kier molecular flexibility index (Phi) is 3.79. The number of esters is 1. The zero-order valence-corrected chi connectivity index (χ0v) is 15.0. The number of ether oxygens (including phenoxy) is 1. The average molecular weight is 393 g/mol. The maximum Gasteiger partial charge on any atom is 0.311 e. The van der Waals surface area contributed by atoms with Crippen LogP contribution >= 0.6 is 0 Å². The van der Waals surface area contributed by atoms with E-state index in [4.69, 9.17) is 9.15 Å². The number of nitrogens with zero attached hydrogens (tertiary/aromatic N) is 7. The summed E-state index contributed by atoms with van der Waals surface area (Å²) in [5.41, 5.74) is 1.67. The fourth-order valence-corrected chi connectivity index (χ4v) is 2.94. The van der Waals surface area contributed by atoms with E-state index in [1.807, 2.05) is 0 Å². The fourth-order valence-electron chi connectivity index (χ4n) is 2.94. The number of hydrogen-bond acceptors (Lipinski definition) is 8. The molecule has 11 heteroatoms. The predicted molar refractivity (Wildman–Crippen MR) is 96.6 cm³/mol. The van der Waals surface area contributed by atoms with E-state index in [0.717, 1.165) is 0 Å². The second-order valence-corrected chi connectivity index (χ2v) is 6.08. The second-order valence-electron chi connectivity index (χ2n) is 6.08. The molecule has 0 radical (unpaired) electrons. The molecule has 0 amide bonds. The number of fused-ring (bicyclic) bond motifs is 3. The first-order chi connectivity index (χ1) is 14.1. The summed E-state index contributed by atoms with van der Waals surface area (Å²) in [6.45, 7) is 0. The number of benzene rings is 1. The Hall–Kier alpha value is -4.15. The molecule has 0 fully saturated rings. The standard InChI is InChI=1S/C18H12FN7O3/c1-28-14(27)9-12-15-17(25(23-12)11-6-4-10(19)5-7-11)26-18(22-21-15)20-16(24-26)13-3-2-8-29-13/h2-8H,9H2,1H3. The van der Waals surface area contributed by atoms with Crippen molar-refractivity contribution in [1.29, 1.82) is 0 Å². The minimum atomic E-state index is -0.479. The molecule has 0 unspecified atom stereocenters. The Morgan fingerprint density at radius 1 is 1.17 bits per heavy atom. The van der Waals surface area contributed by atoms with Crippen LogP contribution in [0.1, 0.15) is 5.69 Å². The van der Waals surface area contributed by atoms with Gasteiger partial charge in [-0.3, -0.25) is 4.79 Å². The third kappa shape index (κ3) is 2.79. The van der Waals surface area contributed by atoms with Gasteiger partial charge in [-0.15, -0.1) is 15.3 Å². The van der Waals surface area contributed by atoms with E-state index in [2.05, 4.69) is 25.4 Å². The topological polar surface area (TPSA) is 113 Å². The highest BCUT2D eigenvalue weighted by molar-refractivity contribution is 5.82. The summed E-state index contributed by atoms with van der Waals surface area (Å²) >= 11 is 0. The smallest absolute Gasteiger partial charge is 0.311 e. The molecule has 0 atom stereocenters. The highest BCUT2D eigenvalue weighted by atomic mass is 19.1. The van der Waals surface area contributed by atoms with Crippen LogP contribution in [0.25, 0.3) is 34.2 Å². The van der Waals surface area contributed by atoms with Crippen molar-refractivity contribution in [1.82, 2.24) is 34.6 Å². The van der Waals surface area contributed by atoms with Gasteiger partial charge in [-0.1, -0.05) is 0 Å². The van der Waals surface area contributed by atoms with Crippen LogP contribution in [0.15, 0.2) is 47.1 Å². The zero-order valence-electron chi connectivity index (χ0n) is 15.0. The molecule has 0 bridgehead atoms. The van der Waals surface area contributed by atoms with Crippen LogP contribution in [0.3, 0.4) is 0 Å². The van der Waals surface area contributed by atoms with Crippen LogP contribution in [0.4, 0.5) is 4.39 Å². The molecule has 4 heterocycles. The van der Waals surface area contributed by atoms with Gasteiger partial charge in [-0.25, -0.2) is 9.07 Å². The van der Waals surface area contributed by atoms with Gasteiger partial charge in [0.15, 0.2) is 16.9 Å². The third-order valence-corrected chi connectivity index (χ3v) is 4.29. The van der Waals surface area contributed by atoms with Crippen LogP contribution in [0, 0.1) is 5.82 Å². The largest absolute Gasteiger partial charge is 0.469 e. The molecule has 0 aliphatic rings. The highest BCUT2D eigenvalue weighted by Crippen LogP contribution is 2.23. The van der Waals surface area contributed by atoms with Gasteiger partial charge < -0.3 is 9.15 Å². The molecule has 10 nitrogen and oxygen atoms in total. The molecule has 0 aliphatic carbocycles. The summed E-state index contributed by atoms with van der Waals surface area (Å²) < 4.78 is 26.5. The van der Waals surface area contributed by atoms with Crippen molar-refractivity contribution < 1.29 is 18.3 Å². The third-order valence-electron chi connectivity index (χ3n) is 4.29. The van der Waals surface area contributed by atoms with Gasteiger partial charge in [0.05, 0.1) is 25.5 Å². The van der Waals surface area contributed by atoms with Gasteiger partial charge >= 0.3 is 5.97 Å². The molecule has 0 spiro atoms. The van der Waals surface area contributed by atoms with E-state index in [1.165, 1.54) is 34.7 Å². The molecule has 5 aromatic rings. The van der Waals surface area contributed by atoms with Gasteiger partial charge in [-0.2, -0.15) is 14.6 Å². The summed E-state index contributed by atoms with van der Waals surface area (Å²) in [6, 6.07) is 9.17. The molecule has 0 aliphatic heterocycles. The van der Waals surface area contributed by atoms with E-state index < -0.39 is 5.97 Å². The lowest BCUT2D eigenvalue weighted by Gasteiger charge is -2.03. The van der Waals surface area contributed by atoms with Crippen LogP contribution in [0.5, 0.6) is 0 Å². The van der Waals surface area contributed by atoms with E-state index in [0.29, 0.717) is 34.1 Å².